The fraction of sp³-hybridized carbons (Fsp3) is 0.462. The Morgan fingerprint density at radius 3 is 2.61 bits per heavy atom. The molecule has 4 aromatic heterocycles. The summed E-state index contributed by atoms with van der Waals surface area (Å²) in [5.41, 5.74) is 3.22. The molecule has 5 heterocycles. The molecular formula is C26H29ClFN7O3. The Hall–Kier alpha value is -3.12. The van der Waals surface area contributed by atoms with E-state index in [1.165, 1.54) is 31.2 Å². The van der Waals surface area contributed by atoms with Crippen LogP contribution in [0.4, 0.5) is 4.39 Å². The van der Waals surface area contributed by atoms with Gasteiger partial charge in [0.1, 0.15) is 22.8 Å². The second-order valence-electron chi connectivity index (χ2n) is 9.96. The summed E-state index contributed by atoms with van der Waals surface area (Å²) in [6.45, 7) is 1.89. The van der Waals surface area contributed by atoms with Crippen molar-refractivity contribution in [2.75, 3.05) is 13.1 Å². The fourth-order valence-corrected chi connectivity index (χ4v) is 5.86. The summed E-state index contributed by atoms with van der Waals surface area (Å²) in [5, 5.41) is 37.7. The van der Waals surface area contributed by atoms with Gasteiger partial charge in [0.15, 0.2) is 12.4 Å². The van der Waals surface area contributed by atoms with Gasteiger partial charge >= 0.3 is 0 Å². The van der Waals surface area contributed by atoms with Crippen LogP contribution in [0.25, 0.3) is 16.8 Å². The van der Waals surface area contributed by atoms with Crippen molar-refractivity contribution >= 4 is 17.1 Å². The maximum Gasteiger partial charge on any atom is 0.195 e. The number of piperidine rings is 1. The lowest BCUT2D eigenvalue weighted by molar-refractivity contribution is -0.115. The molecule has 3 N–H and O–H groups in total. The average Bonchev–Trinajstić information content (AvgIpc) is 3.68. The first-order valence-corrected chi connectivity index (χ1v) is 13.3. The third-order valence-corrected chi connectivity index (χ3v) is 7.78. The van der Waals surface area contributed by atoms with Crippen molar-refractivity contribution in [2.45, 2.75) is 62.9 Å². The van der Waals surface area contributed by atoms with Gasteiger partial charge in [0.2, 0.25) is 0 Å². The number of aromatic nitrogens is 6. The second kappa shape index (κ2) is 10.6. The van der Waals surface area contributed by atoms with Crippen LogP contribution in [0.3, 0.4) is 0 Å². The highest BCUT2D eigenvalue weighted by Gasteiger charge is 2.31. The fourth-order valence-electron chi connectivity index (χ4n) is 5.64. The number of fused-ring (bicyclic) bond motifs is 1. The summed E-state index contributed by atoms with van der Waals surface area (Å²) in [5.74, 6) is 0.0778. The molecule has 1 aliphatic carbocycles. The lowest BCUT2D eigenvalue weighted by atomic mass is 9.97. The lowest BCUT2D eigenvalue weighted by Crippen LogP contribution is -2.31. The zero-order valence-electron chi connectivity index (χ0n) is 20.7. The monoisotopic (exact) mass is 541 g/mol. The lowest BCUT2D eigenvalue weighted by Gasteiger charge is -2.26. The van der Waals surface area contributed by atoms with Gasteiger partial charge in [-0.3, -0.25) is 4.98 Å². The van der Waals surface area contributed by atoms with Crippen LogP contribution >= 0.6 is 11.6 Å². The number of pyridine rings is 2. The maximum absolute atomic E-state index is 13.5. The van der Waals surface area contributed by atoms with Crippen LogP contribution in [0.1, 0.15) is 68.0 Å². The molecule has 1 unspecified atom stereocenters. The third kappa shape index (κ3) is 4.75. The van der Waals surface area contributed by atoms with Crippen LogP contribution in [0.2, 0.25) is 5.02 Å². The molecule has 1 aliphatic heterocycles. The van der Waals surface area contributed by atoms with Gasteiger partial charge < -0.3 is 20.3 Å². The number of halogens is 2. The van der Waals surface area contributed by atoms with Gasteiger partial charge in [-0.1, -0.05) is 29.7 Å². The van der Waals surface area contributed by atoms with Crippen molar-refractivity contribution < 1.29 is 19.3 Å². The summed E-state index contributed by atoms with van der Waals surface area (Å²) in [6.07, 6.45) is 7.61. The molecule has 0 radical (unpaired) electrons. The van der Waals surface area contributed by atoms with E-state index in [1.807, 2.05) is 6.20 Å². The summed E-state index contributed by atoms with van der Waals surface area (Å²) in [6, 6.07) is 4.59. The van der Waals surface area contributed by atoms with Gasteiger partial charge in [0, 0.05) is 17.7 Å². The molecule has 1 saturated heterocycles. The van der Waals surface area contributed by atoms with Gasteiger partial charge in [-0.2, -0.15) is 5.10 Å². The van der Waals surface area contributed by atoms with Crippen LogP contribution in [-0.4, -0.2) is 59.2 Å². The van der Waals surface area contributed by atoms with Crippen LogP contribution < -0.4 is 10.1 Å². The van der Waals surface area contributed by atoms with Crippen molar-refractivity contribution in [3.05, 3.63) is 59.0 Å². The molecule has 0 bridgehead atoms. The van der Waals surface area contributed by atoms with E-state index in [1.54, 1.807) is 10.6 Å². The van der Waals surface area contributed by atoms with Crippen molar-refractivity contribution in [1.29, 1.82) is 0 Å². The van der Waals surface area contributed by atoms with Crippen molar-refractivity contribution in [1.82, 2.24) is 34.9 Å². The van der Waals surface area contributed by atoms with Crippen LogP contribution in [0, 0.1) is 5.82 Å². The number of hydrogen-bond donors (Lipinski definition) is 3. The normalized spacial score (nSPS) is 18.0. The largest absolute Gasteiger partial charge is 0.476 e. The highest BCUT2D eigenvalue weighted by molar-refractivity contribution is 6.34. The SMILES string of the molecule is OC(O)C(Oc1cc(-c2nnn(C3CCNCC3)c2C2CCCC2)cn2ncc(Cl)c12)c1ccc(F)cn1. The Morgan fingerprint density at radius 1 is 1.11 bits per heavy atom. The Bertz CT molecular complexity index is 1410. The standard InChI is InChI=1S/C26H29ClFN7O3/c27-19-13-31-34-14-16(11-21(24(19)34)38-25(26(36)37)20-6-5-17(28)12-30-20)22-23(15-3-1-2-4-15)35(33-32-22)18-7-9-29-10-8-18/h5-6,11-15,18,25-26,29,36-37H,1-4,7-10H2. The molecule has 2 aliphatic rings. The van der Waals surface area contributed by atoms with Gasteiger partial charge in [0.25, 0.3) is 0 Å². The van der Waals surface area contributed by atoms with Crippen molar-refractivity contribution in [3.63, 3.8) is 0 Å². The summed E-state index contributed by atoms with van der Waals surface area (Å²) < 4.78 is 23.3. The zero-order chi connectivity index (χ0) is 26.2. The van der Waals surface area contributed by atoms with Crippen LogP contribution in [0.5, 0.6) is 5.75 Å². The van der Waals surface area contributed by atoms with E-state index >= 15 is 0 Å². The molecule has 4 aromatic rings. The molecule has 12 heteroatoms. The van der Waals surface area contributed by atoms with Crippen molar-refractivity contribution in [2.24, 2.45) is 0 Å². The number of nitrogens with zero attached hydrogens (tertiary/aromatic N) is 6. The number of aliphatic hydroxyl groups excluding tert-OH is 1. The molecule has 1 atom stereocenters. The highest BCUT2D eigenvalue weighted by atomic mass is 35.5. The Kier molecular flexibility index (Phi) is 7.00. The molecule has 2 fully saturated rings. The van der Waals surface area contributed by atoms with Gasteiger partial charge in [0.05, 0.1) is 34.8 Å². The Morgan fingerprint density at radius 2 is 1.89 bits per heavy atom. The number of hydrogen-bond acceptors (Lipinski definition) is 8. The van der Waals surface area contributed by atoms with Gasteiger partial charge in [-0.25, -0.2) is 13.6 Å². The predicted octanol–water partition coefficient (Wildman–Crippen LogP) is 3.79. The van der Waals surface area contributed by atoms with E-state index in [-0.39, 0.29) is 17.5 Å². The van der Waals surface area contributed by atoms with E-state index < -0.39 is 18.2 Å². The quantitative estimate of drug-likeness (QED) is 0.302. The molecular weight excluding hydrogens is 513 g/mol. The molecule has 6 rings (SSSR count). The minimum atomic E-state index is -1.92. The average molecular weight is 542 g/mol. The topological polar surface area (TPSA) is 123 Å². The van der Waals surface area contributed by atoms with Crippen LogP contribution in [0.15, 0.2) is 36.8 Å². The van der Waals surface area contributed by atoms with E-state index in [2.05, 4.69) is 30.4 Å². The Balaban J connectivity index is 1.45. The molecule has 10 nitrogen and oxygen atoms in total. The predicted molar refractivity (Wildman–Crippen MR) is 137 cm³/mol. The summed E-state index contributed by atoms with van der Waals surface area (Å²) in [7, 11) is 0. The molecule has 0 aromatic carbocycles. The number of aliphatic hydroxyl groups is 2. The molecule has 0 spiro atoms. The summed E-state index contributed by atoms with van der Waals surface area (Å²) in [4.78, 5) is 3.98. The third-order valence-electron chi connectivity index (χ3n) is 7.50. The van der Waals surface area contributed by atoms with E-state index in [9.17, 15) is 14.6 Å². The first-order chi connectivity index (χ1) is 18.5. The highest BCUT2D eigenvalue weighted by Crippen LogP contribution is 2.42. The smallest absolute Gasteiger partial charge is 0.195 e. The molecule has 0 amide bonds. The summed E-state index contributed by atoms with van der Waals surface area (Å²) >= 11 is 6.45. The molecule has 1 saturated carbocycles. The zero-order valence-corrected chi connectivity index (χ0v) is 21.4. The van der Waals surface area contributed by atoms with Gasteiger partial charge in [-0.15, -0.1) is 5.10 Å². The van der Waals surface area contributed by atoms with Crippen LogP contribution in [-0.2, 0) is 0 Å². The minimum Gasteiger partial charge on any atom is -0.476 e. The number of rotatable bonds is 7. The van der Waals surface area contributed by atoms with Gasteiger partial charge in [-0.05, 0) is 57.0 Å². The minimum absolute atomic E-state index is 0.157. The van der Waals surface area contributed by atoms with E-state index in [0.717, 1.165) is 61.9 Å². The van der Waals surface area contributed by atoms with Crippen molar-refractivity contribution in [3.8, 4) is 17.0 Å². The first kappa shape index (κ1) is 25.2. The molecule has 200 valence electrons. The number of nitrogens with one attached hydrogen (secondary N) is 1. The second-order valence-corrected chi connectivity index (χ2v) is 10.4. The Labute approximate surface area is 223 Å². The van der Waals surface area contributed by atoms with E-state index in [0.29, 0.717) is 16.5 Å². The maximum atomic E-state index is 13.5. The molecule has 38 heavy (non-hydrogen) atoms. The number of ether oxygens (including phenoxy) is 1. The first-order valence-electron chi connectivity index (χ1n) is 13.0. The van der Waals surface area contributed by atoms with E-state index in [4.69, 9.17) is 16.3 Å².